The lowest BCUT2D eigenvalue weighted by atomic mass is 10.3. The van der Waals surface area contributed by atoms with Gasteiger partial charge in [0, 0.05) is 6.07 Å². The monoisotopic (exact) mass is 134 g/mol. The van der Waals surface area contributed by atoms with Gasteiger partial charge in [0.05, 0.1) is 5.69 Å². The van der Waals surface area contributed by atoms with Gasteiger partial charge in [-0.2, -0.15) is 5.32 Å². The average molecular weight is 134 g/mol. The van der Waals surface area contributed by atoms with Gasteiger partial charge in [0.1, 0.15) is 0 Å². The molecule has 0 aliphatic rings. The third-order valence-electron chi connectivity index (χ3n) is 0.923. The number of rotatable bonds is 1. The minimum absolute atomic E-state index is 0.468. The van der Waals surface area contributed by atoms with Crippen LogP contribution < -0.4 is 11.1 Å². The first-order valence-electron chi connectivity index (χ1n) is 2.77. The Morgan fingerprint density at radius 3 is 2.90 bits per heavy atom. The van der Waals surface area contributed by atoms with E-state index in [0.717, 1.165) is 0 Å². The number of benzene rings is 1. The van der Waals surface area contributed by atoms with Gasteiger partial charge in [-0.1, -0.05) is 18.2 Å². The van der Waals surface area contributed by atoms with Crippen molar-refractivity contribution >= 4 is 11.7 Å². The quantitative estimate of drug-likeness (QED) is 0.606. The Morgan fingerprint density at radius 1 is 1.60 bits per heavy atom. The summed E-state index contributed by atoms with van der Waals surface area (Å²) in [4.78, 5) is 10.2. The van der Waals surface area contributed by atoms with E-state index in [0.29, 0.717) is 5.69 Å². The predicted molar refractivity (Wildman–Crippen MR) is 36.7 cm³/mol. The summed E-state index contributed by atoms with van der Waals surface area (Å²) in [6, 6.07) is 8.92. The molecule has 2 amide bonds. The van der Waals surface area contributed by atoms with Gasteiger partial charge in [0.15, 0.2) is 0 Å². The molecule has 0 aliphatic heterocycles. The number of carbonyl (C=O) groups excluding carboxylic acids is 1. The van der Waals surface area contributed by atoms with Crippen LogP contribution in [0.4, 0.5) is 10.5 Å². The highest BCUT2D eigenvalue weighted by Crippen LogP contribution is 2.02. The minimum atomic E-state index is -0.692. The molecule has 1 rings (SSSR count). The van der Waals surface area contributed by atoms with Crippen LogP contribution in [-0.2, 0) is 0 Å². The van der Waals surface area contributed by atoms with E-state index >= 15 is 0 Å². The van der Waals surface area contributed by atoms with Crippen LogP contribution in [0.3, 0.4) is 0 Å². The molecule has 0 aromatic heterocycles. The molecule has 3 heteroatoms. The molecule has 10 heavy (non-hydrogen) atoms. The second-order valence-electron chi connectivity index (χ2n) is 1.70. The molecule has 0 atom stereocenters. The largest absolute Gasteiger partial charge is 0.350 e. The highest BCUT2D eigenvalue weighted by Gasteiger charge is 1.94. The number of hydrogen-bond donors (Lipinski definition) is 1. The summed E-state index contributed by atoms with van der Waals surface area (Å²) in [5.41, 5.74) is 5.27. The number of primary amides is 1. The molecule has 0 heterocycles. The van der Waals surface area contributed by atoms with Crippen molar-refractivity contribution in [3.63, 3.8) is 0 Å². The Bertz CT molecular complexity index is 220. The molecule has 50 valence electrons. The highest BCUT2D eigenvalue weighted by atomic mass is 16.2. The molecule has 3 nitrogen and oxygen atoms in total. The van der Waals surface area contributed by atoms with E-state index < -0.39 is 6.03 Å². The Morgan fingerprint density at radius 2 is 2.40 bits per heavy atom. The molecule has 1 aromatic carbocycles. The molecule has 2 N–H and O–H groups in total. The zero-order chi connectivity index (χ0) is 7.40. The van der Waals surface area contributed by atoms with E-state index in [-0.39, 0.29) is 0 Å². The van der Waals surface area contributed by atoms with Gasteiger partial charge in [-0.15, -0.1) is 0 Å². The van der Waals surface area contributed by atoms with Crippen LogP contribution in [0.1, 0.15) is 0 Å². The van der Waals surface area contributed by atoms with Gasteiger partial charge < -0.3 is 5.73 Å². The SMILES string of the molecule is NC(=O)[N]c1[c]cccc1. The van der Waals surface area contributed by atoms with Gasteiger partial charge in [0.25, 0.3) is 0 Å². The van der Waals surface area contributed by atoms with Crippen molar-refractivity contribution < 1.29 is 4.79 Å². The lowest BCUT2D eigenvalue weighted by Gasteiger charge is -1.93. The van der Waals surface area contributed by atoms with Gasteiger partial charge in [-0.25, -0.2) is 4.79 Å². The summed E-state index contributed by atoms with van der Waals surface area (Å²) in [5.74, 6) is 0. The first kappa shape index (κ1) is 6.61. The Labute approximate surface area is 58.8 Å². The fraction of sp³-hybridized carbons (Fsp3) is 0. The number of nitrogens with zero attached hydrogens (tertiary/aromatic N) is 1. The first-order chi connectivity index (χ1) is 4.79. The molecule has 0 spiro atoms. The summed E-state index contributed by atoms with van der Waals surface area (Å²) < 4.78 is 0. The third kappa shape index (κ3) is 1.78. The fourth-order valence-corrected chi connectivity index (χ4v) is 0.572. The minimum Gasteiger partial charge on any atom is -0.350 e. The van der Waals surface area contributed by atoms with E-state index in [2.05, 4.69) is 11.4 Å². The van der Waals surface area contributed by atoms with Crippen LogP contribution in [-0.4, -0.2) is 6.03 Å². The van der Waals surface area contributed by atoms with Crippen molar-refractivity contribution in [2.24, 2.45) is 5.73 Å². The molecular formula is C7H6N2O. The third-order valence-corrected chi connectivity index (χ3v) is 0.923. The van der Waals surface area contributed by atoms with Crippen molar-refractivity contribution in [1.29, 1.82) is 0 Å². The van der Waals surface area contributed by atoms with Crippen LogP contribution in [0.25, 0.3) is 0 Å². The molecule has 2 radical (unpaired) electrons. The second-order valence-corrected chi connectivity index (χ2v) is 1.70. The number of hydrogen-bond acceptors (Lipinski definition) is 1. The van der Waals surface area contributed by atoms with E-state index in [9.17, 15) is 4.79 Å². The Balaban J connectivity index is 2.67. The standard InChI is InChI=1S/C7H6N2O/c8-7(10)9-6-4-2-1-3-5-6/h1-4H,(H2,8,10). The normalized spacial score (nSPS) is 8.80. The molecule has 0 saturated carbocycles. The van der Waals surface area contributed by atoms with Crippen molar-refractivity contribution in [1.82, 2.24) is 5.32 Å². The number of amides is 2. The molecule has 1 aromatic rings. The number of carbonyl (C=O) groups is 1. The highest BCUT2D eigenvalue weighted by molar-refractivity contribution is 5.76. The van der Waals surface area contributed by atoms with Crippen LogP contribution >= 0.6 is 0 Å². The first-order valence-corrected chi connectivity index (χ1v) is 2.77. The molecule has 0 bridgehead atoms. The maximum Gasteiger partial charge on any atom is 0.338 e. The van der Waals surface area contributed by atoms with E-state index in [1.165, 1.54) is 0 Å². The number of nitrogens with two attached hydrogens (primary N) is 1. The maximum atomic E-state index is 10.2. The van der Waals surface area contributed by atoms with Crippen molar-refractivity contribution in [2.75, 3.05) is 0 Å². The maximum absolute atomic E-state index is 10.2. The number of para-hydroxylation sites is 1. The van der Waals surface area contributed by atoms with Crippen molar-refractivity contribution in [3.05, 3.63) is 30.3 Å². The predicted octanol–water partition coefficient (Wildman–Crippen LogP) is 0.801. The van der Waals surface area contributed by atoms with E-state index in [4.69, 9.17) is 5.73 Å². The van der Waals surface area contributed by atoms with Crippen LogP contribution in [0.2, 0.25) is 0 Å². The van der Waals surface area contributed by atoms with Crippen LogP contribution in [0.5, 0.6) is 0 Å². The number of urea groups is 1. The zero-order valence-corrected chi connectivity index (χ0v) is 5.24. The van der Waals surface area contributed by atoms with Crippen LogP contribution in [0, 0.1) is 6.07 Å². The van der Waals surface area contributed by atoms with Crippen molar-refractivity contribution in [3.8, 4) is 0 Å². The smallest absolute Gasteiger partial charge is 0.338 e. The van der Waals surface area contributed by atoms with Gasteiger partial charge in [0.2, 0.25) is 0 Å². The Kier molecular flexibility index (Phi) is 1.89. The molecular weight excluding hydrogens is 128 g/mol. The Hall–Kier alpha value is -1.51. The van der Waals surface area contributed by atoms with Gasteiger partial charge >= 0.3 is 6.03 Å². The van der Waals surface area contributed by atoms with Gasteiger partial charge in [-0.05, 0) is 6.07 Å². The lowest BCUT2D eigenvalue weighted by Crippen LogP contribution is -2.18. The van der Waals surface area contributed by atoms with Crippen LogP contribution in [0.15, 0.2) is 24.3 Å². The van der Waals surface area contributed by atoms with E-state index in [1.54, 1.807) is 24.3 Å². The van der Waals surface area contributed by atoms with E-state index in [1.807, 2.05) is 0 Å². The zero-order valence-electron chi connectivity index (χ0n) is 5.24. The molecule has 0 aliphatic carbocycles. The average Bonchev–Trinajstić information content (AvgIpc) is 1.88. The lowest BCUT2D eigenvalue weighted by molar-refractivity contribution is 0.252. The summed E-state index contributed by atoms with van der Waals surface area (Å²) in [7, 11) is 0. The van der Waals surface area contributed by atoms with Crippen molar-refractivity contribution in [2.45, 2.75) is 0 Å². The second kappa shape index (κ2) is 2.87. The fourth-order valence-electron chi connectivity index (χ4n) is 0.572. The summed E-state index contributed by atoms with van der Waals surface area (Å²) in [6.07, 6.45) is 0. The summed E-state index contributed by atoms with van der Waals surface area (Å²) >= 11 is 0. The molecule has 0 fully saturated rings. The summed E-state index contributed by atoms with van der Waals surface area (Å²) in [6.45, 7) is 0. The van der Waals surface area contributed by atoms with Gasteiger partial charge in [-0.3, -0.25) is 0 Å². The molecule has 0 unspecified atom stereocenters. The molecule has 0 saturated heterocycles. The summed E-state index contributed by atoms with van der Waals surface area (Å²) in [5, 5.41) is 3.44. The topological polar surface area (TPSA) is 57.2 Å².